The molecule has 0 bridgehead atoms. The number of piperazine rings is 1. The highest BCUT2D eigenvalue weighted by Gasteiger charge is 2.16. The van der Waals surface area contributed by atoms with E-state index in [9.17, 15) is 4.79 Å². The number of rotatable bonds is 5. The average molecular weight is 412 g/mol. The fourth-order valence-electron chi connectivity index (χ4n) is 3.21. The first-order chi connectivity index (χ1) is 14.1. The van der Waals surface area contributed by atoms with Crippen LogP contribution in [0.3, 0.4) is 0 Å². The number of hydrogen-bond acceptors (Lipinski definition) is 7. The molecule has 4 rings (SSSR count). The predicted octanol–water partition coefficient (Wildman–Crippen LogP) is 2.36. The van der Waals surface area contributed by atoms with Crippen molar-refractivity contribution in [2.75, 3.05) is 36.4 Å². The second kappa shape index (κ2) is 8.67. The number of halogens is 1. The number of aryl methyl sites for hydroxylation is 2. The maximum absolute atomic E-state index is 12.3. The van der Waals surface area contributed by atoms with Crippen molar-refractivity contribution in [2.45, 2.75) is 19.8 Å². The number of anilines is 2. The van der Waals surface area contributed by atoms with Crippen LogP contribution in [0.15, 0.2) is 30.5 Å². The smallest absolute Gasteiger partial charge is 0.227 e. The van der Waals surface area contributed by atoms with Crippen molar-refractivity contribution in [2.24, 2.45) is 0 Å². The SMILES string of the molecule is Cc1nc(N2CCNCC2)nc2ncc(NC(=O)CCc3ccc(Cl)cc3)nc12. The summed E-state index contributed by atoms with van der Waals surface area (Å²) in [7, 11) is 0. The third kappa shape index (κ3) is 4.78. The zero-order valence-corrected chi connectivity index (χ0v) is 16.9. The van der Waals surface area contributed by atoms with E-state index in [1.807, 2.05) is 31.2 Å². The highest BCUT2D eigenvalue weighted by Crippen LogP contribution is 2.18. The summed E-state index contributed by atoms with van der Waals surface area (Å²) in [6, 6.07) is 7.48. The molecule has 8 nitrogen and oxygen atoms in total. The Morgan fingerprint density at radius 2 is 1.93 bits per heavy atom. The third-order valence-corrected chi connectivity index (χ3v) is 5.04. The number of fused-ring (bicyclic) bond motifs is 1. The number of hydrogen-bond donors (Lipinski definition) is 2. The first-order valence-electron chi connectivity index (χ1n) is 9.60. The maximum atomic E-state index is 12.3. The van der Waals surface area contributed by atoms with Crippen LogP contribution in [-0.2, 0) is 11.2 Å². The van der Waals surface area contributed by atoms with E-state index in [1.165, 1.54) is 6.20 Å². The van der Waals surface area contributed by atoms with Gasteiger partial charge < -0.3 is 15.5 Å². The molecule has 1 fully saturated rings. The van der Waals surface area contributed by atoms with Crippen molar-refractivity contribution >= 4 is 40.4 Å². The molecule has 0 unspecified atom stereocenters. The summed E-state index contributed by atoms with van der Waals surface area (Å²) >= 11 is 5.89. The number of nitrogens with zero attached hydrogens (tertiary/aromatic N) is 5. The van der Waals surface area contributed by atoms with Gasteiger partial charge >= 0.3 is 0 Å². The molecule has 3 heterocycles. The zero-order chi connectivity index (χ0) is 20.2. The minimum absolute atomic E-state index is 0.121. The van der Waals surface area contributed by atoms with Crippen LogP contribution in [-0.4, -0.2) is 52.0 Å². The van der Waals surface area contributed by atoms with Gasteiger partial charge in [0.1, 0.15) is 5.52 Å². The number of nitrogens with one attached hydrogen (secondary N) is 2. The van der Waals surface area contributed by atoms with E-state index in [0.29, 0.717) is 40.8 Å². The molecule has 1 aromatic carbocycles. The van der Waals surface area contributed by atoms with Gasteiger partial charge in [0, 0.05) is 37.6 Å². The molecule has 2 N–H and O–H groups in total. The van der Waals surface area contributed by atoms with Gasteiger partial charge in [-0.25, -0.2) is 15.0 Å². The summed E-state index contributed by atoms with van der Waals surface area (Å²) in [5.41, 5.74) is 2.93. The number of aromatic nitrogens is 4. The lowest BCUT2D eigenvalue weighted by atomic mass is 10.1. The minimum atomic E-state index is -0.121. The van der Waals surface area contributed by atoms with Crippen molar-refractivity contribution in [3.8, 4) is 0 Å². The minimum Gasteiger partial charge on any atom is -0.338 e. The van der Waals surface area contributed by atoms with Gasteiger partial charge in [0.05, 0.1) is 11.9 Å². The summed E-state index contributed by atoms with van der Waals surface area (Å²) < 4.78 is 0. The summed E-state index contributed by atoms with van der Waals surface area (Å²) in [5.74, 6) is 0.954. The Bertz CT molecular complexity index is 1020. The van der Waals surface area contributed by atoms with Crippen LogP contribution in [0.2, 0.25) is 5.02 Å². The maximum Gasteiger partial charge on any atom is 0.227 e. The van der Waals surface area contributed by atoms with Crippen LogP contribution in [0.25, 0.3) is 11.2 Å². The van der Waals surface area contributed by atoms with Crippen LogP contribution in [0, 0.1) is 6.92 Å². The molecule has 29 heavy (non-hydrogen) atoms. The summed E-state index contributed by atoms with van der Waals surface area (Å²) in [5, 5.41) is 6.80. The molecule has 2 aromatic heterocycles. The molecule has 150 valence electrons. The Labute approximate surface area is 173 Å². The van der Waals surface area contributed by atoms with Crippen LogP contribution >= 0.6 is 11.6 Å². The molecule has 0 radical (unpaired) electrons. The number of carbonyl (C=O) groups excluding carboxylic acids is 1. The molecule has 1 aliphatic heterocycles. The fourth-order valence-corrected chi connectivity index (χ4v) is 3.34. The molecular weight excluding hydrogens is 390 g/mol. The third-order valence-electron chi connectivity index (χ3n) is 4.79. The van der Waals surface area contributed by atoms with Gasteiger partial charge in [-0.2, -0.15) is 4.98 Å². The van der Waals surface area contributed by atoms with E-state index in [-0.39, 0.29) is 5.91 Å². The standard InChI is InChI=1S/C20H22ClN7O/c1-13-18-19(27-20(24-13)28-10-8-22-9-11-28)23-12-16(26-18)25-17(29)7-4-14-2-5-15(21)6-3-14/h2-3,5-6,12,22H,4,7-11H2,1H3,(H,25,26,29). The van der Waals surface area contributed by atoms with Gasteiger partial charge in [0.15, 0.2) is 11.5 Å². The Morgan fingerprint density at radius 3 is 2.69 bits per heavy atom. The Balaban J connectivity index is 1.44. The van der Waals surface area contributed by atoms with Crippen LogP contribution in [0.1, 0.15) is 17.7 Å². The first kappa shape index (κ1) is 19.5. The molecule has 0 atom stereocenters. The lowest BCUT2D eigenvalue weighted by Gasteiger charge is -2.27. The average Bonchev–Trinajstić information content (AvgIpc) is 2.74. The fraction of sp³-hybridized carbons (Fsp3) is 0.350. The van der Waals surface area contributed by atoms with E-state index >= 15 is 0 Å². The molecule has 3 aromatic rings. The topological polar surface area (TPSA) is 95.9 Å². The first-order valence-corrected chi connectivity index (χ1v) is 9.97. The molecule has 0 spiro atoms. The van der Waals surface area contributed by atoms with Crippen LogP contribution in [0.5, 0.6) is 0 Å². The Morgan fingerprint density at radius 1 is 1.17 bits per heavy atom. The van der Waals surface area contributed by atoms with Gasteiger partial charge in [-0.05, 0) is 31.0 Å². The van der Waals surface area contributed by atoms with Crippen molar-refractivity contribution in [1.82, 2.24) is 25.3 Å². The largest absolute Gasteiger partial charge is 0.338 e. The van der Waals surface area contributed by atoms with Gasteiger partial charge in [-0.15, -0.1) is 0 Å². The van der Waals surface area contributed by atoms with Crippen LogP contribution in [0.4, 0.5) is 11.8 Å². The number of amides is 1. The van der Waals surface area contributed by atoms with Gasteiger partial charge in [-0.3, -0.25) is 4.79 Å². The lowest BCUT2D eigenvalue weighted by Crippen LogP contribution is -2.44. The highest BCUT2D eigenvalue weighted by molar-refractivity contribution is 6.30. The van der Waals surface area contributed by atoms with E-state index in [2.05, 4.69) is 35.5 Å². The van der Waals surface area contributed by atoms with E-state index in [4.69, 9.17) is 11.6 Å². The lowest BCUT2D eigenvalue weighted by molar-refractivity contribution is -0.116. The van der Waals surface area contributed by atoms with Crippen molar-refractivity contribution < 1.29 is 4.79 Å². The van der Waals surface area contributed by atoms with Gasteiger partial charge in [-0.1, -0.05) is 23.7 Å². The molecule has 1 amide bonds. The number of carbonyl (C=O) groups is 1. The van der Waals surface area contributed by atoms with E-state index < -0.39 is 0 Å². The van der Waals surface area contributed by atoms with Gasteiger partial charge in [0.2, 0.25) is 11.9 Å². The van der Waals surface area contributed by atoms with Gasteiger partial charge in [0.25, 0.3) is 0 Å². The summed E-state index contributed by atoms with van der Waals surface area (Å²) in [4.78, 5) is 32.5. The monoisotopic (exact) mass is 411 g/mol. The van der Waals surface area contributed by atoms with Crippen molar-refractivity contribution in [1.29, 1.82) is 0 Å². The molecule has 0 aliphatic carbocycles. The second-order valence-electron chi connectivity index (χ2n) is 6.95. The zero-order valence-electron chi connectivity index (χ0n) is 16.2. The Hall–Kier alpha value is -2.84. The summed E-state index contributed by atoms with van der Waals surface area (Å²) in [6.07, 6.45) is 2.51. The predicted molar refractivity (Wildman–Crippen MR) is 113 cm³/mol. The molecule has 9 heteroatoms. The molecule has 1 saturated heterocycles. The van der Waals surface area contributed by atoms with Crippen molar-refractivity contribution in [3.05, 3.63) is 46.7 Å². The normalized spacial score (nSPS) is 14.2. The summed E-state index contributed by atoms with van der Waals surface area (Å²) in [6.45, 7) is 5.43. The molecular formula is C20H22ClN7O. The molecule has 0 saturated carbocycles. The second-order valence-corrected chi connectivity index (χ2v) is 7.38. The van der Waals surface area contributed by atoms with E-state index in [0.717, 1.165) is 37.4 Å². The quantitative estimate of drug-likeness (QED) is 0.665. The molecule has 1 aliphatic rings. The highest BCUT2D eigenvalue weighted by atomic mass is 35.5. The Kier molecular flexibility index (Phi) is 5.82. The van der Waals surface area contributed by atoms with Crippen LogP contribution < -0.4 is 15.5 Å². The number of benzene rings is 1. The van der Waals surface area contributed by atoms with E-state index in [1.54, 1.807) is 0 Å². The van der Waals surface area contributed by atoms with Crippen molar-refractivity contribution in [3.63, 3.8) is 0 Å².